The summed E-state index contributed by atoms with van der Waals surface area (Å²) < 4.78 is 1.91. The Labute approximate surface area is 204 Å². The molecule has 2 fully saturated rings. The standard InChI is InChI=1S/C27H32N6S/c1-14(2)22-23-17(5)25(20-10-19-9-18(20)11-32(19)8-6-7-28)34-27(23)31-24(22)21-12-33-26(29-13-30-33)16(4)15(21)3/h12-14,18-20,31H,6,8-11H2,1-5H3/t18?,19?,20-/m1/s1. The van der Waals surface area contributed by atoms with Crippen LogP contribution in [-0.2, 0) is 0 Å². The normalized spacial score (nSPS) is 22.6. The second-order valence-corrected chi connectivity index (χ2v) is 11.6. The first-order valence-electron chi connectivity index (χ1n) is 12.4. The van der Waals surface area contributed by atoms with Crippen molar-refractivity contribution in [3.8, 4) is 17.3 Å². The molecule has 2 unspecified atom stereocenters. The Balaban J connectivity index is 1.42. The summed E-state index contributed by atoms with van der Waals surface area (Å²) in [5.74, 6) is 1.80. The number of nitrogens with zero attached hydrogens (tertiary/aromatic N) is 5. The lowest BCUT2D eigenvalue weighted by Gasteiger charge is -2.31. The fraction of sp³-hybridized carbons (Fsp3) is 0.519. The molecule has 5 heterocycles. The molecule has 1 N–H and O–H groups in total. The minimum Gasteiger partial charge on any atom is -0.346 e. The number of hydrogen-bond donors (Lipinski definition) is 1. The second kappa shape index (κ2) is 7.93. The highest BCUT2D eigenvalue weighted by molar-refractivity contribution is 7.19. The highest BCUT2D eigenvalue weighted by atomic mass is 32.1. The Morgan fingerprint density at radius 3 is 2.74 bits per heavy atom. The van der Waals surface area contributed by atoms with Gasteiger partial charge in [-0.25, -0.2) is 9.50 Å². The second-order valence-electron chi connectivity index (χ2n) is 10.6. The number of thiophene rings is 1. The number of hydrogen-bond acceptors (Lipinski definition) is 5. The Morgan fingerprint density at radius 1 is 1.21 bits per heavy atom. The Hall–Kier alpha value is -2.69. The van der Waals surface area contributed by atoms with Crippen LogP contribution in [0.4, 0.5) is 0 Å². The molecular weight excluding hydrogens is 440 g/mol. The van der Waals surface area contributed by atoms with Crippen LogP contribution in [0.1, 0.15) is 72.1 Å². The first-order valence-corrected chi connectivity index (χ1v) is 13.3. The first kappa shape index (κ1) is 21.8. The summed E-state index contributed by atoms with van der Waals surface area (Å²) in [5, 5.41) is 14.8. The van der Waals surface area contributed by atoms with Crippen LogP contribution in [0.25, 0.3) is 27.1 Å². The molecule has 1 aliphatic carbocycles. The van der Waals surface area contributed by atoms with Crippen LogP contribution in [-0.4, -0.2) is 43.6 Å². The summed E-state index contributed by atoms with van der Waals surface area (Å²) in [6.07, 6.45) is 6.95. The predicted molar refractivity (Wildman–Crippen MR) is 138 cm³/mol. The van der Waals surface area contributed by atoms with Crippen LogP contribution in [0.3, 0.4) is 0 Å². The zero-order valence-electron chi connectivity index (χ0n) is 20.6. The maximum absolute atomic E-state index is 8.98. The monoisotopic (exact) mass is 472 g/mol. The van der Waals surface area contributed by atoms with E-state index in [-0.39, 0.29) is 0 Å². The maximum Gasteiger partial charge on any atom is 0.158 e. The maximum atomic E-state index is 8.98. The Bertz CT molecular complexity index is 1450. The molecule has 0 spiro atoms. The van der Waals surface area contributed by atoms with Crippen molar-refractivity contribution in [2.24, 2.45) is 5.92 Å². The van der Waals surface area contributed by atoms with E-state index in [2.05, 4.69) is 66.9 Å². The molecule has 0 radical (unpaired) electrons. The summed E-state index contributed by atoms with van der Waals surface area (Å²) in [5.41, 5.74) is 8.73. The molecule has 4 aromatic heterocycles. The van der Waals surface area contributed by atoms with E-state index in [1.807, 2.05) is 15.9 Å². The molecule has 2 aliphatic rings. The van der Waals surface area contributed by atoms with Gasteiger partial charge in [0.05, 0.1) is 11.8 Å². The van der Waals surface area contributed by atoms with Crippen molar-refractivity contribution in [2.75, 3.05) is 13.1 Å². The van der Waals surface area contributed by atoms with Gasteiger partial charge in [-0.3, -0.25) is 4.90 Å². The molecule has 4 aromatic rings. The number of fused-ring (bicyclic) bond motifs is 4. The van der Waals surface area contributed by atoms with E-state index in [1.165, 1.54) is 56.6 Å². The lowest BCUT2D eigenvalue weighted by Crippen LogP contribution is -2.35. The minimum absolute atomic E-state index is 0.414. The van der Waals surface area contributed by atoms with Gasteiger partial charge >= 0.3 is 0 Å². The van der Waals surface area contributed by atoms with Gasteiger partial charge in [-0.05, 0) is 73.6 Å². The van der Waals surface area contributed by atoms with Crippen molar-refractivity contribution in [1.82, 2.24) is 24.5 Å². The van der Waals surface area contributed by atoms with Gasteiger partial charge in [-0.1, -0.05) is 13.8 Å². The van der Waals surface area contributed by atoms with E-state index in [0.29, 0.717) is 24.3 Å². The molecule has 1 saturated carbocycles. The van der Waals surface area contributed by atoms with Crippen LogP contribution >= 0.6 is 11.3 Å². The van der Waals surface area contributed by atoms with Crippen LogP contribution in [0.5, 0.6) is 0 Å². The third kappa shape index (κ3) is 3.08. The highest BCUT2D eigenvalue weighted by Crippen LogP contribution is 2.53. The third-order valence-corrected chi connectivity index (χ3v) is 9.78. The number of H-pyrrole nitrogens is 1. The molecule has 3 atom stereocenters. The van der Waals surface area contributed by atoms with Gasteiger partial charge in [0.15, 0.2) is 5.65 Å². The average Bonchev–Trinajstić information content (AvgIpc) is 3.61. The SMILES string of the molecule is Cc1c(-c2[nH]c3sc([C@@H]4CC5CC4CN5CCC#N)c(C)c3c2C(C)C)cn2ncnc2c1C. The largest absolute Gasteiger partial charge is 0.346 e. The van der Waals surface area contributed by atoms with Crippen molar-refractivity contribution in [2.45, 2.75) is 71.8 Å². The summed E-state index contributed by atoms with van der Waals surface area (Å²) >= 11 is 1.98. The molecule has 6 rings (SSSR count). The predicted octanol–water partition coefficient (Wildman–Crippen LogP) is 6.08. The van der Waals surface area contributed by atoms with Gasteiger partial charge < -0.3 is 4.98 Å². The van der Waals surface area contributed by atoms with E-state index in [1.54, 1.807) is 11.2 Å². The van der Waals surface area contributed by atoms with E-state index in [9.17, 15) is 0 Å². The van der Waals surface area contributed by atoms with Gasteiger partial charge in [-0.15, -0.1) is 11.3 Å². The first-order chi connectivity index (χ1) is 16.4. The summed E-state index contributed by atoms with van der Waals surface area (Å²) in [6, 6.07) is 2.97. The van der Waals surface area contributed by atoms with Gasteiger partial charge in [-0.2, -0.15) is 10.4 Å². The van der Waals surface area contributed by atoms with Crippen LogP contribution < -0.4 is 0 Å². The number of aromatic nitrogens is 4. The third-order valence-electron chi connectivity index (χ3n) is 8.44. The van der Waals surface area contributed by atoms with Gasteiger partial charge in [0, 0.05) is 47.6 Å². The van der Waals surface area contributed by atoms with Crippen molar-refractivity contribution in [3.05, 3.63) is 39.7 Å². The van der Waals surface area contributed by atoms with Crippen LogP contribution in [0.2, 0.25) is 0 Å². The lowest BCUT2D eigenvalue weighted by atomic mass is 9.88. The molecular formula is C27H32N6S. The van der Waals surface area contributed by atoms with E-state index in [0.717, 1.165) is 24.7 Å². The van der Waals surface area contributed by atoms with Crippen molar-refractivity contribution < 1.29 is 0 Å². The average molecular weight is 473 g/mol. The van der Waals surface area contributed by atoms with Crippen LogP contribution in [0.15, 0.2) is 12.5 Å². The number of likely N-dealkylation sites (tertiary alicyclic amines) is 1. The van der Waals surface area contributed by atoms with Crippen LogP contribution in [0, 0.1) is 38.0 Å². The number of nitriles is 1. The zero-order valence-corrected chi connectivity index (χ0v) is 21.5. The van der Waals surface area contributed by atoms with Crippen molar-refractivity contribution in [3.63, 3.8) is 0 Å². The minimum atomic E-state index is 0.414. The molecule has 1 saturated heterocycles. The smallest absolute Gasteiger partial charge is 0.158 e. The van der Waals surface area contributed by atoms with Crippen molar-refractivity contribution >= 4 is 27.2 Å². The van der Waals surface area contributed by atoms with Gasteiger partial charge in [0.2, 0.25) is 0 Å². The molecule has 1 aliphatic heterocycles. The topological polar surface area (TPSA) is 73.0 Å². The number of piperidine rings is 1. The molecule has 0 amide bonds. The molecule has 2 bridgehead atoms. The van der Waals surface area contributed by atoms with Gasteiger partial charge in [0.25, 0.3) is 0 Å². The fourth-order valence-electron chi connectivity index (χ4n) is 6.68. The number of rotatable bonds is 5. The number of aromatic amines is 1. The van der Waals surface area contributed by atoms with E-state index < -0.39 is 0 Å². The number of nitrogens with one attached hydrogen (secondary N) is 1. The summed E-state index contributed by atoms with van der Waals surface area (Å²) in [6.45, 7) is 13.4. The van der Waals surface area contributed by atoms with Gasteiger partial charge in [0.1, 0.15) is 11.2 Å². The fourth-order valence-corrected chi connectivity index (χ4v) is 8.11. The number of pyridine rings is 1. The molecule has 176 valence electrons. The summed E-state index contributed by atoms with van der Waals surface area (Å²) in [4.78, 5) is 13.8. The quantitative estimate of drug-likeness (QED) is 0.382. The van der Waals surface area contributed by atoms with Crippen molar-refractivity contribution in [1.29, 1.82) is 5.26 Å². The molecule has 6 nitrogen and oxygen atoms in total. The van der Waals surface area contributed by atoms with E-state index in [4.69, 9.17) is 5.26 Å². The zero-order chi connectivity index (χ0) is 23.7. The van der Waals surface area contributed by atoms with E-state index >= 15 is 0 Å². The Morgan fingerprint density at radius 2 is 2.03 bits per heavy atom. The lowest BCUT2D eigenvalue weighted by molar-refractivity contribution is 0.204. The molecule has 0 aromatic carbocycles. The molecule has 34 heavy (non-hydrogen) atoms. The summed E-state index contributed by atoms with van der Waals surface area (Å²) in [7, 11) is 0. The Kier molecular flexibility index (Phi) is 5.09. The highest BCUT2D eigenvalue weighted by Gasteiger charge is 2.46. The number of aryl methyl sites for hydroxylation is 2. The molecule has 7 heteroatoms.